The van der Waals surface area contributed by atoms with E-state index in [0.717, 1.165) is 28.3 Å². The number of phenols is 1. The molecule has 4 rings (SSSR count). The van der Waals surface area contributed by atoms with E-state index < -0.39 is 5.97 Å². The van der Waals surface area contributed by atoms with Crippen molar-refractivity contribution in [2.24, 2.45) is 0 Å². The van der Waals surface area contributed by atoms with Crippen molar-refractivity contribution in [3.8, 4) is 11.5 Å². The molecular weight excluding hydrogens is 440 g/mol. The molecule has 0 bridgehead atoms. The van der Waals surface area contributed by atoms with Gasteiger partial charge in [0.05, 0.1) is 6.10 Å². The van der Waals surface area contributed by atoms with Crippen LogP contribution in [0.1, 0.15) is 72.5 Å². The fourth-order valence-electron chi connectivity index (χ4n) is 4.49. The molecule has 0 amide bonds. The van der Waals surface area contributed by atoms with E-state index in [-0.39, 0.29) is 23.2 Å². The zero-order chi connectivity index (χ0) is 24.8. The summed E-state index contributed by atoms with van der Waals surface area (Å²) in [6.07, 6.45) is 7.18. The van der Waals surface area contributed by atoms with Crippen LogP contribution in [0, 0.1) is 6.92 Å². The number of hydrogen-bond donors (Lipinski definition) is 1. The molecule has 5 nitrogen and oxygen atoms in total. The summed E-state index contributed by atoms with van der Waals surface area (Å²) in [5, 5.41) is 13.1. The van der Waals surface area contributed by atoms with Gasteiger partial charge in [-0.3, -0.25) is 4.79 Å². The highest BCUT2D eigenvalue weighted by molar-refractivity contribution is 5.97. The summed E-state index contributed by atoms with van der Waals surface area (Å²) in [5.41, 5.74) is 2.87. The Morgan fingerprint density at radius 2 is 1.86 bits per heavy atom. The van der Waals surface area contributed by atoms with Gasteiger partial charge in [0, 0.05) is 24.5 Å². The van der Waals surface area contributed by atoms with E-state index in [9.17, 15) is 14.7 Å². The van der Waals surface area contributed by atoms with Crippen LogP contribution in [0.2, 0.25) is 0 Å². The van der Waals surface area contributed by atoms with Crippen molar-refractivity contribution < 1.29 is 24.2 Å². The average molecular weight is 473 g/mol. The summed E-state index contributed by atoms with van der Waals surface area (Å²) >= 11 is 0. The van der Waals surface area contributed by atoms with E-state index in [0.29, 0.717) is 50.0 Å². The normalized spacial score (nSPS) is 17.5. The number of ketones is 1. The van der Waals surface area contributed by atoms with Crippen LogP contribution in [0.15, 0.2) is 54.6 Å². The van der Waals surface area contributed by atoms with Crippen LogP contribution in [0.25, 0.3) is 16.8 Å². The van der Waals surface area contributed by atoms with Gasteiger partial charge >= 0.3 is 5.97 Å². The minimum Gasteiger partial charge on any atom is -0.507 e. The third kappa shape index (κ3) is 6.10. The molecule has 0 aromatic heterocycles. The third-order valence-corrected chi connectivity index (χ3v) is 6.48. The highest BCUT2D eigenvalue weighted by Crippen LogP contribution is 2.32. The van der Waals surface area contributed by atoms with Crippen molar-refractivity contribution in [3.63, 3.8) is 0 Å². The molecule has 0 aliphatic carbocycles. The Morgan fingerprint density at radius 1 is 1.06 bits per heavy atom. The number of hydrogen-bond acceptors (Lipinski definition) is 5. The highest BCUT2D eigenvalue weighted by atomic mass is 16.5. The predicted octanol–water partition coefficient (Wildman–Crippen LogP) is 6.91. The Kier molecular flexibility index (Phi) is 7.86. The lowest BCUT2D eigenvalue weighted by Gasteiger charge is -2.17. The molecule has 3 aromatic carbocycles. The maximum atomic E-state index is 12.9. The van der Waals surface area contributed by atoms with Crippen molar-refractivity contribution in [1.82, 2.24) is 0 Å². The lowest BCUT2D eigenvalue weighted by atomic mass is 10.0. The molecule has 0 unspecified atom stereocenters. The van der Waals surface area contributed by atoms with Gasteiger partial charge < -0.3 is 14.6 Å². The Labute approximate surface area is 206 Å². The van der Waals surface area contributed by atoms with Crippen LogP contribution < -0.4 is 4.74 Å². The molecule has 1 heterocycles. The summed E-state index contributed by atoms with van der Waals surface area (Å²) in [4.78, 5) is 25.0. The molecule has 0 radical (unpaired) electrons. The quantitative estimate of drug-likeness (QED) is 0.419. The number of phenolic OH excluding ortho intramolecular Hbond substituents is 1. The number of fused-ring (bicyclic) bond motifs is 2. The molecule has 182 valence electrons. The number of carbonyl (C=O) groups excluding carboxylic acids is 2. The molecule has 1 aliphatic heterocycles. The van der Waals surface area contributed by atoms with Gasteiger partial charge in [-0.05, 0) is 67.5 Å². The topological polar surface area (TPSA) is 72.8 Å². The first kappa shape index (κ1) is 24.5. The first-order valence-corrected chi connectivity index (χ1v) is 12.3. The third-order valence-electron chi connectivity index (χ3n) is 6.48. The summed E-state index contributed by atoms with van der Waals surface area (Å²) in [5.74, 6) is -0.0347. The van der Waals surface area contributed by atoms with Crippen LogP contribution >= 0.6 is 0 Å². The van der Waals surface area contributed by atoms with Crippen molar-refractivity contribution in [2.45, 2.75) is 65.1 Å². The fourth-order valence-corrected chi connectivity index (χ4v) is 4.49. The molecule has 1 atom stereocenters. The first-order valence-electron chi connectivity index (χ1n) is 12.3. The van der Waals surface area contributed by atoms with Gasteiger partial charge in [0.1, 0.15) is 29.5 Å². The standard InChI is InChI=1S/C30H32O5/c1-20-15-16-22-10-6-7-14-26(22)27(20)19-34-25-17-23-11-4-3-5-12-24(31)13-8-9-21(2)35-30(33)29(23)28(32)18-25/h4,6-7,10-11,14-18,21,32H,3,5,8-9,12-13,19H2,1-2H3/t21-/m1/s1. The summed E-state index contributed by atoms with van der Waals surface area (Å²) < 4.78 is 11.7. The Hall–Kier alpha value is -3.60. The first-order chi connectivity index (χ1) is 16.9. The van der Waals surface area contributed by atoms with Crippen LogP contribution in [0.5, 0.6) is 11.5 Å². The number of esters is 1. The largest absolute Gasteiger partial charge is 0.507 e. The zero-order valence-corrected chi connectivity index (χ0v) is 20.4. The van der Waals surface area contributed by atoms with Crippen LogP contribution in [0.3, 0.4) is 0 Å². The summed E-state index contributed by atoms with van der Waals surface area (Å²) in [7, 11) is 0. The number of Topliss-reactive ketones (excluding diaryl/α,β-unsaturated/α-hetero) is 1. The zero-order valence-electron chi connectivity index (χ0n) is 20.4. The van der Waals surface area contributed by atoms with Crippen LogP contribution in [-0.2, 0) is 16.1 Å². The maximum absolute atomic E-state index is 12.9. The van der Waals surface area contributed by atoms with Crippen molar-refractivity contribution in [3.05, 3.63) is 76.9 Å². The summed E-state index contributed by atoms with van der Waals surface area (Å²) in [6.45, 7) is 4.19. The number of ether oxygens (including phenoxy) is 2. The van der Waals surface area contributed by atoms with Gasteiger partial charge in [-0.2, -0.15) is 0 Å². The van der Waals surface area contributed by atoms with Gasteiger partial charge in [-0.1, -0.05) is 48.6 Å². The number of benzene rings is 3. The van der Waals surface area contributed by atoms with Gasteiger partial charge in [0.15, 0.2) is 0 Å². The molecule has 5 heteroatoms. The second kappa shape index (κ2) is 11.2. The lowest BCUT2D eigenvalue weighted by Crippen LogP contribution is -2.17. The van der Waals surface area contributed by atoms with E-state index in [1.165, 1.54) is 6.07 Å². The molecule has 0 saturated carbocycles. The Balaban J connectivity index is 1.62. The second-order valence-corrected chi connectivity index (χ2v) is 9.22. The molecule has 3 aromatic rings. The lowest BCUT2D eigenvalue weighted by molar-refractivity contribution is -0.119. The number of aromatic hydroxyl groups is 1. The number of cyclic esters (lactones) is 1. The predicted molar refractivity (Wildman–Crippen MR) is 138 cm³/mol. The molecule has 1 N–H and O–H groups in total. The number of aryl methyl sites for hydroxylation is 1. The SMILES string of the molecule is Cc1ccc2ccccc2c1COc1cc(O)c2c(c1)C=CCCCC(=O)CCC[C@@H](C)OC2=O. The highest BCUT2D eigenvalue weighted by Gasteiger charge is 2.21. The molecule has 0 spiro atoms. The van der Waals surface area contributed by atoms with Crippen LogP contribution in [0.4, 0.5) is 0 Å². The van der Waals surface area contributed by atoms with Gasteiger partial charge in [-0.25, -0.2) is 4.79 Å². The van der Waals surface area contributed by atoms with Crippen LogP contribution in [-0.4, -0.2) is 23.0 Å². The van der Waals surface area contributed by atoms with Crippen molar-refractivity contribution >= 4 is 28.6 Å². The Morgan fingerprint density at radius 3 is 2.71 bits per heavy atom. The van der Waals surface area contributed by atoms with Crippen molar-refractivity contribution in [2.75, 3.05) is 0 Å². The van der Waals surface area contributed by atoms with Crippen molar-refractivity contribution in [1.29, 1.82) is 0 Å². The van der Waals surface area contributed by atoms with E-state index in [4.69, 9.17) is 9.47 Å². The summed E-state index contributed by atoms with van der Waals surface area (Å²) in [6, 6.07) is 15.6. The van der Waals surface area contributed by atoms with E-state index in [2.05, 4.69) is 31.2 Å². The average Bonchev–Trinajstić information content (AvgIpc) is 2.82. The monoisotopic (exact) mass is 472 g/mol. The van der Waals surface area contributed by atoms with E-state index >= 15 is 0 Å². The second-order valence-electron chi connectivity index (χ2n) is 9.22. The molecule has 0 fully saturated rings. The molecule has 1 aliphatic rings. The van der Waals surface area contributed by atoms with Gasteiger partial charge in [0.2, 0.25) is 0 Å². The fraction of sp³-hybridized carbons (Fsp3) is 0.333. The van der Waals surface area contributed by atoms with Gasteiger partial charge in [-0.15, -0.1) is 0 Å². The van der Waals surface area contributed by atoms with E-state index in [1.54, 1.807) is 12.1 Å². The number of rotatable bonds is 3. The number of allylic oxidation sites excluding steroid dienone is 1. The van der Waals surface area contributed by atoms with Gasteiger partial charge in [0.25, 0.3) is 0 Å². The Bertz CT molecular complexity index is 1260. The minimum atomic E-state index is -0.575. The smallest absolute Gasteiger partial charge is 0.342 e. The molecule has 35 heavy (non-hydrogen) atoms. The molecular formula is C30H32O5. The van der Waals surface area contributed by atoms with E-state index in [1.807, 2.05) is 25.1 Å². The maximum Gasteiger partial charge on any atom is 0.342 e. The minimum absolute atomic E-state index is 0.134. The number of carbonyl (C=O) groups is 2. The molecule has 0 saturated heterocycles.